The highest BCUT2D eigenvalue weighted by atomic mass is 14.7. The van der Waals surface area contributed by atoms with Gasteiger partial charge in [0.1, 0.15) is 0 Å². The summed E-state index contributed by atoms with van der Waals surface area (Å²) in [4.78, 5) is 0. The Morgan fingerprint density at radius 1 is 1.05 bits per heavy atom. The van der Waals surface area contributed by atoms with Gasteiger partial charge >= 0.3 is 0 Å². The Hall–Kier alpha value is -0.820. The molecule has 2 unspecified atom stereocenters. The van der Waals surface area contributed by atoms with E-state index in [2.05, 4.69) is 45.9 Å². The van der Waals surface area contributed by atoms with Crippen LogP contribution in [0.4, 0.5) is 0 Å². The van der Waals surface area contributed by atoms with Crippen LogP contribution in [0.5, 0.6) is 0 Å². The first-order valence-electron chi connectivity index (χ1n) is 8.05. The molecule has 1 nitrogen and oxygen atoms in total. The van der Waals surface area contributed by atoms with Crippen molar-refractivity contribution in [3.8, 4) is 0 Å². The van der Waals surface area contributed by atoms with Crippen LogP contribution in [0, 0.1) is 5.92 Å². The molecule has 0 aromatic heterocycles. The zero-order valence-corrected chi connectivity index (χ0v) is 13.2. The summed E-state index contributed by atoms with van der Waals surface area (Å²) in [5, 5.41) is 0. The highest BCUT2D eigenvalue weighted by molar-refractivity contribution is 5.34. The first-order valence-corrected chi connectivity index (χ1v) is 8.05. The molecule has 0 saturated heterocycles. The van der Waals surface area contributed by atoms with Crippen molar-refractivity contribution in [3.05, 3.63) is 34.9 Å². The lowest BCUT2D eigenvalue weighted by atomic mass is 9.84. The molecule has 0 saturated carbocycles. The van der Waals surface area contributed by atoms with Gasteiger partial charge in [-0.25, -0.2) is 0 Å². The van der Waals surface area contributed by atoms with Crippen LogP contribution in [0.15, 0.2) is 18.2 Å². The van der Waals surface area contributed by atoms with Gasteiger partial charge in [0.15, 0.2) is 0 Å². The van der Waals surface area contributed by atoms with Gasteiger partial charge in [0, 0.05) is 6.04 Å². The Balaban J connectivity index is 2.97. The van der Waals surface area contributed by atoms with E-state index in [4.69, 9.17) is 5.73 Å². The Kier molecular flexibility index (Phi) is 7.15. The summed E-state index contributed by atoms with van der Waals surface area (Å²) in [6.07, 6.45) is 7.17. The predicted molar refractivity (Wildman–Crippen MR) is 85.4 cm³/mol. The zero-order valence-electron chi connectivity index (χ0n) is 13.2. The second kappa shape index (κ2) is 8.37. The number of nitrogens with two attached hydrogens (primary N) is 1. The third-order valence-corrected chi connectivity index (χ3v) is 4.32. The second-order valence-corrected chi connectivity index (χ2v) is 5.58. The van der Waals surface area contributed by atoms with Crippen molar-refractivity contribution < 1.29 is 0 Å². The van der Waals surface area contributed by atoms with E-state index in [1.807, 2.05) is 0 Å². The van der Waals surface area contributed by atoms with Gasteiger partial charge in [0.25, 0.3) is 0 Å². The molecule has 0 aliphatic rings. The quantitative estimate of drug-likeness (QED) is 0.698. The molecule has 108 valence electrons. The fourth-order valence-electron chi connectivity index (χ4n) is 2.85. The normalized spacial score (nSPS) is 14.4. The first-order chi connectivity index (χ1) is 9.17. The summed E-state index contributed by atoms with van der Waals surface area (Å²) in [5.41, 5.74) is 10.8. The van der Waals surface area contributed by atoms with E-state index >= 15 is 0 Å². The van der Waals surface area contributed by atoms with Crippen molar-refractivity contribution in [3.63, 3.8) is 0 Å². The van der Waals surface area contributed by atoms with Gasteiger partial charge in [0.2, 0.25) is 0 Å². The van der Waals surface area contributed by atoms with E-state index in [9.17, 15) is 0 Å². The minimum atomic E-state index is 0.206. The van der Waals surface area contributed by atoms with Crippen molar-refractivity contribution in [2.75, 3.05) is 0 Å². The Morgan fingerprint density at radius 2 is 1.79 bits per heavy atom. The molecular weight excluding hydrogens is 230 g/mol. The number of aryl methyl sites for hydroxylation is 2. The van der Waals surface area contributed by atoms with E-state index in [1.54, 1.807) is 0 Å². The standard InChI is InChI=1S/C18H31N/c1-5-9-10-16(8-4)18(19)17-13-14(6-2)11-12-15(17)7-3/h11-13,16,18H,5-10,19H2,1-4H3. The van der Waals surface area contributed by atoms with Gasteiger partial charge in [-0.05, 0) is 41.9 Å². The molecule has 2 N–H and O–H groups in total. The lowest BCUT2D eigenvalue weighted by Gasteiger charge is -2.25. The van der Waals surface area contributed by atoms with Crippen LogP contribution in [-0.2, 0) is 12.8 Å². The van der Waals surface area contributed by atoms with Crippen LogP contribution >= 0.6 is 0 Å². The monoisotopic (exact) mass is 261 g/mol. The third-order valence-electron chi connectivity index (χ3n) is 4.32. The summed E-state index contributed by atoms with van der Waals surface area (Å²) in [6.45, 7) is 8.97. The van der Waals surface area contributed by atoms with Crippen molar-refractivity contribution in [1.82, 2.24) is 0 Å². The lowest BCUT2D eigenvalue weighted by Crippen LogP contribution is -2.22. The molecule has 1 rings (SSSR count). The summed E-state index contributed by atoms with van der Waals surface area (Å²) < 4.78 is 0. The molecule has 0 amide bonds. The Bertz CT molecular complexity index is 370. The SMILES string of the molecule is CCCCC(CC)C(N)c1cc(CC)ccc1CC. The van der Waals surface area contributed by atoms with Gasteiger partial charge in [-0.15, -0.1) is 0 Å². The van der Waals surface area contributed by atoms with Gasteiger partial charge < -0.3 is 5.73 Å². The fourth-order valence-corrected chi connectivity index (χ4v) is 2.85. The average Bonchev–Trinajstić information content (AvgIpc) is 2.47. The molecule has 0 bridgehead atoms. The molecule has 1 heteroatoms. The fraction of sp³-hybridized carbons (Fsp3) is 0.667. The maximum absolute atomic E-state index is 6.59. The molecule has 1 aromatic carbocycles. The van der Waals surface area contributed by atoms with Gasteiger partial charge in [-0.3, -0.25) is 0 Å². The largest absolute Gasteiger partial charge is 0.324 e. The smallest absolute Gasteiger partial charge is 0.0326 e. The van der Waals surface area contributed by atoms with Crippen molar-refractivity contribution in [2.24, 2.45) is 11.7 Å². The number of hydrogen-bond donors (Lipinski definition) is 1. The maximum Gasteiger partial charge on any atom is 0.0326 e. The Morgan fingerprint density at radius 3 is 2.32 bits per heavy atom. The van der Waals surface area contributed by atoms with Gasteiger partial charge in [-0.1, -0.05) is 65.2 Å². The number of rotatable bonds is 8. The van der Waals surface area contributed by atoms with Crippen LogP contribution in [-0.4, -0.2) is 0 Å². The molecule has 0 fully saturated rings. The van der Waals surface area contributed by atoms with Crippen LogP contribution < -0.4 is 5.73 Å². The minimum absolute atomic E-state index is 0.206. The topological polar surface area (TPSA) is 26.0 Å². The Labute approximate surface area is 119 Å². The molecular formula is C18H31N. The number of unbranched alkanes of at least 4 members (excludes halogenated alkanes) is 1. The molecule has 0 aliphatic heterocycles. The van der Waals surface area contributed by atoms with Gasteiger partial charge in [0.05, 0.1) is 0 Å². The van der Waals surface area contributed by atoms with Gasteiger partial charge in [-0.2, -0.15) is 0 Å². The molecule has 2 atom stereocenters. The lowest BCUT2D eigenvalue weighted by molar-refractivity contribution is 0.376. The first kappa shape index (κ1) is 16.2. The zero-order chi connectivity index (χ0) is 14.3. The van der Waals surface area contributed by atoms with E-state index in [0.29, 0.717) is 5.92 Å². The van der Waals surface area contributed by atoms with Crippen LogP contribution in [0.1, 0.15) is 76.1 Å². The molecule has 19 heavy (non-hydrogen) atoms. The number of benzene rings is 1. The van der Waals surface area contributed by atoms with E-state index < -0.39 is 0 Å². The maximum atomic E-state index is 6.59. The third kappa shape index (κ3) is 4.35. The summed E-state index contributed by atoms with van der Waals surface area (Å²) >= 11 is 0. The predicted octanol–water partition coefficient (Wildman–Crippen LogP) is 5.03. The molecule has 0 aliphatic carbocycles. The average molecular weight is 261 g/mol. The summed E-state index contributed by atoms with van der Waals surface area (Å²) in [5.74, 6) is 0.623. The number of hydrogen-bond acceptors (Lipinski definition) is 1. The van der Waals surface area contributed by atoms with E-state index in [0.717, 1.165) is 12.8 Å². The summed E-state index contributed by atoms with van der Waals surface area (Å²) in [7, 11) is 0. The van der Waals surface area contributed by atoms with Crippen molar-refractivity contribution >= 4 is 0 Å². The molecule has 0 spiro atoms. The van der Waals surface area contributed by atoms with Crippen LogP contribution in [0.3, 0.4) is 0 Å². The van der Waals surface area contributed by atoms with Crippen molar-refractivity contribution in [1.29, 1.82) is 0 Å². The van der Waals surface area contributed by atoms with Crippen LogP contribution in [0.2, 0.25) is 0 Å². The highest BCUT2D eigenvalue weighted by Gasteiger charge is 2.19. The molecule has 0 heterocycles. The summed E-state index contributed by atoms with van der Waals surface area (Å²) in [6, 6.07) is 7.08. The van der Waals surface area contributed by atoms with Crippen molar-refractivity contribution in [2.45, 2.75) is 72.3 Å². The second-order valence-electron chi connectivity index (χ2n) is 5.58. The van der Waals surface area contributed by atoms with E-state index in [1.165, 1.54) is 42.4 Å². The highest BCUT2D eigenvalue weighted by Crippen LogP contribution is 2.30. The van der Waals surface area contributed by atoms with E-state index in [-0.39, 0.29) is 6.04 Å². The minimum Gasteiger partial charge on any atom is -0.324 e. The molecule has 0 radical (unpaired) electrons. The van der Waals surface area contributed by atoms with Crippen LogP contribution in [0.25, 0.3) is 0 Å². The molecule has 1 aromatic rings.